The predicted molar refractivity (Wildman–Crippen MR) is 154 cm³/mol. The summed E-state index contributed by atoms with van der Waals surface area (Å²) in [6.07, 6.45) is 34.8. The number of hydrogen-bond acceptors (Lipinski definition) is 0. The van der Waals surface area contributed by atoms with E-state index in [-0.39, 0.29) is 69.8 Å². The molecule has 0 radical (unpaired) electrons. The first-order valence-corrected chi connectivity index (χ1v) is 16.1. The molecule has 0 saturated carbocycles. The van der Waals surface area contributed by atoms with E-state index in [2.05, 4.69) is 27.7 Å². The van der Waals surface area contributed by atoms with E-state index in [1.165, 1.54) is 185 Å². The smallest absolute Gasteiger partial charge is 1.00 e. The maximum Gasteiger partial charge on any atom is 1.00 e. The van der Waals surface area contributed by atoms with Crippen LogP contribution < -0.4 is 68.4 Å². The van der Waals surface area contributed by atoms with Gasteiger partial charge in [-0.2, -0.15) is 0 Å². The largest absolute Gasteiger partial charge is 1.00 e. The molecule has 0 saturated heterocycles. The standard InChI is InChI=1S/C32H68N.BrH.K.H/c1-5-9-13-17-21-25-29-33(30-26-22-18-14-10-6-2,31-27-23-19-15-11-7-3)32-28-24-20-16-12-8-4;;;/h5-32H2,1-4H3;1H;;/q+1;;+1;-1/p-1. The molecule has 0 aromatic heterocycles. The van der Waals surface area contributed by atoms with Crippen molar-refractivity contribution in [2.75, 3.05) is 26.2 Å². The van der Waals surface area contributed by atoms with E-state index >= 15 is 0 Å². The Morgan fingerprint density at radius 2 is 0.486 bits per heavy atom. The Morgan fingerprint density at radius 3 is 0.686 bits per heavy atom. The third-order valence-electron chi connectivity index (χ3n) is 7.94. The Labute approximate surface area is 279 Å². The molecule has 0 unspecified atom stereocenters. The molecule has 1 nitrogen and oxygen atoms in total. The minimum absolute atomic E-state index is 0. The summed E-state index contributed by atoms with van der Waals surface area (Å²) in [6, 6.07) is 0. The molecule has 0 bridgehead atoms. The summed E-state index contributed by atoms with van der Waals surface area (Å²) in [5.74, 6) is 0. The van der Waals surface area contributed by atoms with Gasteiger partial charge in [0, 0.05) is 0 Å². The molecule has 3 heteroatoms. The molecule has 210 valence electrons. The Hall–Kier alpha value is 2.08. The Kier molecular flexibility index (Phi) is 40.5. The first-order valence-electron chi connectivity index (χ1n) is 16.1. The molecule has 0 aliphatic heterocycles. The summed E-state index contributed by atoms with van der Waals surface area (Å²) in [7, 11) is 0. The Morgan fingerprint density at radius 1 is 0.314 bits per heavy atom. The Bertz CT molecular complexity index is 301. The maximum absolute atomic E-state index is 2.34. The molecule has 0 N–H and O–H groups in total. The first-order chi connectivity index (χ1) is 16.2. The van der Waals surface area contributed by atoms with Crippen molar-refractivity contribution in [1.29, 1.82) is 0 Å². The SMILES string of the molecule is CCCCCCCC[N+](CCCCCCCC)(CCCCCCCC)CCCCCCCC.[Br-].[H-].[K+]. The van der Waals surface area contributed by atoms with E-state index in [1.54, 1.807) is 0 Å². The van der Waals surface area contributed by atoms with Crippen LogP contribution in [-0.2, 0) is 0 Å². The van der Waals surface area contributed by atoms with E-state index in [0.29, 0.717) is 0 Å². The molecule has 0 spiro atoms. The topological polar surface area (TPSA) is 0 Å². The van der Waals surface area contributed by atoms with Gasteiger partial charge in [0.15, 0.2) is 0 Å². The van der Waals surface area contributed by atoms with Crippen molar-refractivity contribution >= 4 is 0 Å². The normalized spacial score (nSPS) is 11.3. The molecule has 0 fully saturated rings. The summed E-state index contributed by atoms with van der Waals surface area (Å²) in [4.78, 5) is 0. The molecule has 0 amide bonds. The van der Waals surface area contributed by atoms with Gasteiger partial charge in [-0.1, -0.05) is 130 Å². The first kappa shape index (κ1) is 41.6. The zero-order chi connectivity index (χ0) is 24.3. The van der Waals surface area contributed by atoms with E-state index in [4.69, 9.17) is 0 Å². The second-order valence-corrected chi connectivity index (χ2v) is 11.3. The minimum atomic E-state index is 0. The minimum Gasteiger partial charge on any atom is -1.00 e. The zero-order valence-electron chi connectivity index (χ0n) is 26.6. The molecule has 0 rings (SSSR count). The van der Waals surface area contributed by atoms with Gasteiger partial charge in [0.05, 0.1) is 26.2 Å². The predicted octanol–water partition coefficient (Wildman–Crippen LogP) is 5.37. The second kappa shape index (κ2) is 34.1. The summed E-state index contributed by atoms with van der Waals surface area (Å²) in [6.45, 7) is 15.3. The number of unbranched alkanes of at least 4 members (excludes halogenated alkanes) is 20. The van der Waals surface area contributed by atoms with E-state index in [9.17, 15) is 0 Å². The van der Waals surface area contributed by atoms with Crippen LogP contribution in [0.3, 0.4) is 0 Å². The van der Waals surface area contributed by atoms with Gasteiger partial charge in [-0.15, -0.1) is 0 Å². The average molecular weight is 587 g/mol. The molecule has 0 aromatic carbocycles. The van der Waals surface area contributed by atoms with Crippen molar-refractivity contribution in [1.82, 2.24) is 0 Å². The summed E-state index contributed by atoms with van der Waals surface area (Å²) < 4.78 is 1.48. The van der Waals surface area contributed by atoms with Crippen LogP contribution in [-0.4, -0.2) is 30.7 Å². The number of nitrogens with zero attached hydrogens (tertiary/aromatic N) is 1. The third-order valence-corrected chi connectivity index (χ3v) is 7.94. The fourth-order valence-electron chi connectivity index (χ4n) is 5.58. The monoisotopic (exact) mass is 585 g/mol. The molecular formula is C32H69BrKN. The van der Waals surface area contributed by atoms with Crippen LogP contribution in [0, 0.1) is 0 Å². The van der Waals surface area contributed by atoms with Crippen LogP contribution in [0.1, 0.15) is 183 Å². The van der Waals surface area contributed by atoms with Crippen molar-refractivity contribution in [2.45, 2.75) is 182 Å². The van der Waals surface area contributed by atoms with Crippen molar-refractivity contribution in [3.05, 3.63) is 0 Å². The molecule has 0 aliphatic carbocycles. The van der Waals surface area contributed by atoms with Crippen LogP contribution in [0.4, 0.5) is 0 Å². The fraction of sp³-hybridized carbons (Fsp3) is 1.00. The van der Waals surface area contributed by atoms with Gasteiger partial charge in [-0.05, 0) is 51.4 Å². The molecule has 35 heavy (non-hydrogen) atoms. The van der Waals surface area contributed by atoms with Gasteiger partial charge < -0.3 is 22.9 Å². The molecule has 0 aliphatic rings. The molecule has 0 atom stereocenters. The number of rotatable bonds is 28. The van der Waals surface area contributed by atoms with Gasteiger partial charge in [-0.25, -0.2) is 0 Å². The molecule has 0 aromatic rings. The third kappa shape index (κ3) is 28.9. The van der Waals surface area contributed by atoms with E-state index < -0.39 is 0 Å². The quantitative estimate of drug-likeness (QED) is 0.0658. The molecular weight excluding hydrogens is 517 g/mol. The average Bonchev–Trinajstić information content (AvgIpc) is 2.83. The number of halogens is 1. The van der Waals surface area contributed by atoms with Gasteiger partial charge in [0.25, 0.3) is 0 Å². The summed E-state index contributed by atoms with van der Waals surface area (Å²) >= 11 is 0. The van der Waals surface area contributed by atoms with E-state index in [1.807, 2.05) is 0 Å². The summed E-state index contributed by atoms with van der Waals surface area (Å²) in [5, 5.41) is 0. The van der Waals surface area contributed by atoms with Gasteiger partial charge in [-0.3, -0.25) is 0 Å². The van der Waals surface area contributed by atoms with Crippen LogP contribution >= 0.6 is 0 Å². The zero-order valence-corrected chi connectivity index (χ0v) is 30.3. The maximum atomic E-state index is 2.34. The molecule has 0 heterocycles. The van der Waals surface area contributed by atoms with Crippen LogP contribution in [0.25, 0.3) is 0 Å². The van der Waals surface area contributed by atoms with Crippen molar-refractivity contribution in [3.63, 3.8) is 0 Å². The van der Waals surface area contributed by atoms with Crippen LogP contribution in [0.2, 0.25) is 0 Å². The van der Waals surface area contributed by atoms with Crippen molar-refractivity contribution in [3.8, 4) is 0 Å². The van der Waals surface area contributed by atoms with Crippen molar-refractivity contribution in [2.24, 2.45) is 0 Å². The fourth-order valence-corrected chi connectivity index (χ4v) is 5.58. The van der Waals surface area contributed by atoms with Crippen LogP contribution in [0.15, 0.2) is 0 Å². The van der Waals surface area contributed by atoms with Crippen molar-refractivity contribution < 1.29 is 74.3 Å². The second-order valence-electron chi connectivity index (χ2n) is 11.3. The number of hydrogen-bond donors (Lipinski definition) is 0. The number of quaternary nitrogens is 1. The van der Waals surface area contributed by atoms with Gasteiger partial charge >= 0.3 is 51.4 Å². The van der Waals surface area contributed by atoms with Gasteiger partial charge in [0.1, 0.15) is 0 Å². The Balaban J connectivity index is -0.00000171. The van der Waals surface area contributed by atoms with E-state index in [0.717, 1.165) is 0 Å². The van der Waals surface area contributed by atoms with Gasteiger partial charge in [0.2, 0.25) is 0 Å². The van der Waals surface area contributed by atoms with Crippen LogP contribution in [0.5, 0.6) is 0 Å². The summed E-state index contributed by atoms with van der Waals surface area (Å²) in [5.41, 5.74) is 0.